The van der Waals surface area contributed by atoms with Crippen molar-refractivity contribution >= 4 is 23.8 Å². The molecule has 2 saturated heterocycles. The van der Waals surface area contributed by atoms with Gasteiger partial charge in [0.1, 0.15) is 11.5 Å². The van der Waals surface area contributed by atoms with Gasteiger partial charge in [0.15, 0.2) is 6.04 Å². The summed E-state index contributed by atoms with van der Waals surface area (Å²) in [4.78, 5) is 54.9. The van der Waals surface area contributed by atoms with E-state index in [1.165, 1.54) is 51.0 Å². The number of hydrogen-bond acceptors (Lipinski definition) is 9. The number of aliphatic carboxylic acids is 1. The molecule has 1 aliphatic carbocycles. The Labute approximate surface area is 354 Å². The van der Waals surface area contributed by atoms with E-state index in [0.29, 0.717) is 66.8 Å². The minimum atomic E-state index is -1.48. The molecule has 3 fully saturated rings. The van der Waals surface area contributed by atoms with Crippen molar-refractivity contribution < 1.29 is 44.0 Å². The van der Waals surface area contributed by atoms with Gasteiger partial charge in [-0.3, -0.25) is 14.5 Å². The number of likely N-dealkylation sites (tertiary alicyclic amines) is 1. The van der Waals surface area contributed by atoms with Crippen LogP contribution in [0.5, 0.6) is 11.5 Å². The van der Waals surface area contributed by atoms with Crippen molar-refractivity contribution in [2.45, 2.75) is 196 Å². The van der Waals surface area contributed by atoms with Crippen LogP contribution in [0.3, 0.4) is 0 Å². The summed E-state index contributed by atoms with van der Waals surface area (Å²) in [5.74, 6) is -0.357. The lowest BCUT2D eigenvalue weighted by Gasteiger charge is -2.35. The Morgan fingerprint density at radius 2 is 1.54 bits per heavy atom. The number of carboxylic acid groups (broad SMARTS) is 1. The average molecular weight is 825 g/mol. The van der Waals surface area contributed by atoms with E-state index in [0.717, 1.165) is 31.1 Å². The number of hydrogen-bond donors (Lipinski definition) is 4. The molecule has 0 aromatic heterocycles. The second-order valence-corrected chi connectivity index (χ2v) is 19.8. The summed E-state index contributed by atoms with van der Waals surface area (Å²) in [6.45, 7) is 22.6. The summed E-state index contributed by atoms with van der Waals surface area (Å²) in [6.07, 6.45) is 14.0. The number of aromatic hydroxyl groups is 1. The Balaban J connectivity index is 1.57. The van der Waals surface area contributed by atoms with Gasteiger partial charge in [-0.2, -0.15) is 0 Å². The van der Waals surface area contributed by atoms with E-state index in [9.17, 15) is 34.5 Å². The fourth-order valence-corrected chi connectivity index (χ4v) is 9.72. The highest BCUT2D eigenvalue weighted by Crippen LogP contribution is 2.66. The van der Waals surface area contributed by atoms with E-state index in [1.807, 2.05) is 25.7 Å². The zero-order valence-electron chi connectivity index (χ0n) is 38.1. The minimum absolute atomic E-state index is 0.0906. The largest absolute Gasteiger partial charge is 0.507 e. The third-order valence-corrected chi connectivity index (χ3v) is 14.7. The van der Waals surface area contributed by atoms with Crippen LogP contribution in [0.2, 0.25) is 0 Å². The van der Waals surface area contributed by atoms with Crippen LogP contribution in [0.4, 0.5) is 0 Å². The lowest BCUT2D eigenvalue weighted by Crippen LogP contribution is -2.53. The van der Waals surface area contributed by atoms with Gasteiger partial charge in [-0.1, -0.05) is 98.1 Å². The van der Waals surface area contributed by atoms with Gasteiger partial charge in [-0.15, -0.1) is 0 Å². The topological polar surface area (TPSA) is 163 Å². The minimum Gasteiger partial charge on any atom is -0.507 e. The van der Waals surface area contributed by atoms with E-state index in [1.54, 1.807) is 13.8 Å². The number of rotatable bonds is 22. The number of nitrogens with zero attached hydrogens (tertiary/aromatic N) is 1. The second kappa shape index (κ2) is 20.0. The molecule has 4 rings (SSSR count). The Bertz CT molecular complexity index is 1720. The van der Waals surface area contributed by atoms with Crippen LogP contribution in [-0.2, 0) is 36.9 Å². The number of aliphatic hydroxyl groups is 1. The number of carboxylic acids is 1. The number of allylic oxidation sites excluding steroid dienone is 2. The maximum absolute atomic E-state index is 14.4. The first-order chi connectivity index (χ1) is 27.6. The lowest BCUT2D eigenvalue weighted by atomic mass is 9.66. The summed E-state index contributed by atoms with van der Waals surface area (Å²) in [6, 6.07) is -2.19. The van der Waals surface area contributed by atoms with Crippen molar-refractivity contribution in [3.05, 3.63) is 33.9 Å². The molecule has 1 saturated carbocycles. The standard InChI is InChI=1S/C48H76N2O9/c1-29(2)16-12-17-30(3)18-13-19-31(4)20-14-21-32(5)23-24-36-37(28-50-27-15-22-38(50)42(53)49-39(35(8)51)43(54)55)41(34(7)33(6)40(36)52)58-45(57)48-26-25-47(11,44(56)59-48)46(48,9)10/h23,29-31,35,38-39,51-52H,12-22,24-28H2,1-11H3,(H,49,53)(H,54,55)/b32-23+/t30-,31-,35-,38+,39+,47+,48-/m1/s1. The fourth-order valence-electron chi connectivity index (χ4n) is 9.72. The van der Waals surface area contributed by atoms with E-state index in [4.69, 9.17) is 9.47 Å². The number of phenols is 1. The average Bonchev–Trinajstić information content (AvgIpc) is 3.75. The van der Waals surface area contributed by atoms with Crippen molar-refractivity contribution in [3.63, 3.8) is 0 Å². The van der Waals surface area contributed by atoms with Crippen LogP contribution < -0.4 is 10.1 Å². The van der Waals surface area contributed by atoms with Crippen molar-refractivity contribution in [2.24, 2.45) is 28.6 Å². The quantitative estimate of drug-likeness (QED) is 0.0505. The number of ether oxygens (including phenoxy) is 2. The molecule has 0 radical (unpaired) electrons. The summed E-state index contributed by atoms with van der Waals surface area (Å²) in [5, 5.41) is 34.0. The molecule has 332 valence electrons. The highest BCUT2D eigenvalue weighted by atomic mass is 16.6. The normalized spacial score (nSPS) is 24.9. The number of amides is 1. The number of benzene rings is 1. The molecule has 2 bridgehead atoms. The molecule has 11 heteroatoms. The monoisotopic (exact) mass is 825 g/mol. The third kappa shape index (κ3) is 10.5. The molecule has 0 spiro atoms. The molecule has 59 heavy (non-hydrogen) atoms. The second-order valence-electron chi connectivity index (χ2n) is 19.8. The maximum Gasteiger partial charge on any atom is 0.356 e. The summed E-state index contributed by atoms with van der Waals surface area (Å²) < 4.78 is 12.3. The summed E-state index contributed by atoms with van der Waals surface area (Å²) in [5.41, 5.74) is 0.322. The van der Waals surface area contributed by atoms with Gasteiger partial charge in [0, 0.05) is 23.1 Å². The van der Waals surface area contributed by atoms with Crippen LogP contribution in [0.15, 0.2) is 11.6 Å². The molecule has 4 N–H and O–H groups in total. The van der Waals surface area contributed by atoms with Crippen molar-refractivity contribution in [3.8, 4) is 11.5 Å². The van der Waals surface area contributed by atoms with E-state index in [-0.39, 0.29) is 18.0 Å². The van der Waals surface area contributed by atoms with Crippen LogP contribution in [0.25, 0.3) is 0 Å². The number of carbonyl (C=O) groups excluding carboxylic acids is 3. The Kier molecular flexibility index (Phi) is 16.3. The van der Waals surface area contributed by atoms with Crippen LogP contribution in [0.1, 0.15) is 168 Å². The first kappa shape index (κ1) is 48.2. The van der Waals surface area contributed by atoms with Crippen molar-refractivity contribution in [2.75, 3.05) is 6.54 Å². The number of esters is 2. The lowest BCUT2D eigenvalue weighted by molar-refractivity contribution is -0.176. The molecule has 2 heterocycles. The fraction of sp³-hybridized carbons (Fsp3) is 0.750. The van der Waals surface area contributed by atoms with Crippen LogP contribution in [0, 0.1) is 42.4 Å². The van der Waals surface area contributed by atoms with Crippen molar-refractivity contribution in [1.82, 2.24) is 10.2 Å². The third-order valence-electron chi connectivity index (χ3n) is 14.7. The van der Waals surface area contributed by atoms with Crippen molar-refractivity contribution in [1.29, 1.82) is 0 Å². The maximum atomic E-state index is 14.4. The van der Waals surface area contributed by atoms with Gasteiger partial charge in [-0.25, -0.2) is 9.59 Å². The molecule has 3 aliphatic rings. The number of carbonyl (C=O) groups is 4. The number of aliphatic hydroxyl groups excluding tert-OH is 1. The van der Waals surface area contributed by atoms with E-state index in [2.05, 4.69) is 46.0 Å². The Morgan fingerprint density at radius 3 is 2.08 bits per heavy atom. The molecule has 2 aliphatic heterocycles. The summed E-state index contributed by atoms with van der Waals surface area (Å²) in [7, 11) is 0. The number of nitrogens with one attached hydrogen (secondary N) is 1. The van der Waals surface area contributed by atoms with Gasteiger partial charge in [-0.05, 0) is 115 Å². The highest BCUT2D eigenvalue weighted by Gasteiger charge is 2.76. The van der Waals surface area contributed by atoms with Gasteiger partial charge < -0.3 is 30.1 Å². The van der Waals surface area contributed by atoms with Crippen LogP contribution >= 0.6 is 0 Å². The predicted molar refractivity (Wildman–Crippen MR) is 230 cm³/mol. The van der Waals surface area contributed by atoms with Gasteiger partial charge in [0.25, 0.3) is 0 Å². The zero-order valence-corrected chi connectivity index (χ0v) is 38.1. The van der Waals surface area contributed by atoms with E-state index < -0.39 is 58.4 Å². The smallest absolute Gasteiger partial charge is 0.356 e. The molecule has 11 nitrogen and oxygen atoms in total. The summed E-state index contributed by atoms with van der Waals surface area (Å²) >= 11 is 0. The SMILES string of the molecule is C/C(=C\Cc1c(O)c(C)c(C)c(OC(=O)[C@@]23CC[C@@](C)(C(=O)O2)C3(C)C)c1CN1CCC[C@H]1C(=O)N[C@H](C(=O)O)[C@@H](C)O)CCC[C@H](C)CCC[C@H](C)CCCC(C)C. The molecule has 7 atom stereocenters. The first-order valence-electron chi connectivity index (χ1n) is 22.5. The Hall–Kier alpha value is -3.44. The molecule has 1 amide bonds. The highest BCUT2D eigenvalue weighted by molar-refractivity contribution is 5.95. The van der Waals surface area contributed by atoms with E-state index >= 15 is 0 Å². The van der Waals surface area contributed by atoms with Gasteiger partial charge in [0.2, 0.25) is 11.5 Å². The molecule has 1 aromatic rings. The molecular weight excluding hydrogens is 749 g/mol. The predicted octanol–water partition coefficient (Wildman–Crippen LogP) is 8.88. The first-order valence-corrected chi connectivity index (χ1v) is 22.5. The molecule has 0 unspecified atom stereocenters. The number of fused-ring (bicyclic) bond motifs is 2. The van der Waals surface area contributed by atoms with Crippen LogP contribution in [-0.4, -0.2) is 74.4 Å². The molecular formula is C48H76N2O9. The van der Waals surface area contributed by atoms with Gasteiger partial charge in [0.05, 0.1) is 17.6 Å². The molecule has 1 aromatic carbocycles. The Morgan fingerprint density at radius 1 is 0.932 bits per heavy atom. The zero-order chi connectivity index (χ0) is 44.0. The van der Waals surface area contributed by atoms with Gasteiger partial charge >= 0.3 is 17.9 Å². The number of phenolic OH excluding ortho intramolecular Hbond substituents is 1.